The SMILES string of the molecule is Cc1cccnc1CN(Cc1ncccc1C)C1CCN(C(=O)NO)CC1. The Bertz CT molecular complexity index is 727. The Morgan fingerprint density at radius 1 is 1.11 bits per heavy atom. The van der Waals surface area contributed by atoms with E-state index in [0.29, 0.717) is 19.1 Å². The molecule has 1 fully saturated rings. The topological polar surface area (TPSA) is 81.6 Å². The molecule has 7 nitrogen and oxygen atoms in total. The first-order valence-electron chi connectivity index (χ1n) is 9.32. The number of hydrogen-bond donors (Lipinski definition) is 2. The molecule has 7 heteroatoms. The van der Waals surface area contributed by atoms with Crippen LogP contribution in [0.25, 0.3) is 0 Å². The number of nitrogens with zero attached hydrogens (tertiary/aromatic N) is 4. The van der Waals surface area contributed by atoms with E-state index in [1.54, 1.807) is 10.4 Å². The highest BCUT2D eigenvalue weighted by Gasteiger charge is 2.28. The first-order valence-corrected chi connectivity index (χ1v) is 9.32. The van der Waals surface area contributed by atoms with Gasteiger partial charge in [-0.05, 0) is 49.9 Å². The molecule has 0 atom stereocenters. The first-order chi connectivity index (χ1) is 13.1. The quantitative estimate of drug-likeness (QED) is 0.625. The van der Waals surface area contributed by atoms with Gasteiger partial charge in [-0.25, -0.2) is 10.3 Å². The van der Waals surface area contributed by atoms with Crippen molar-refractivity contribution in [2.75, 3.05) is 13.1 Å². The molecule has 0 aromatic carbocycles. The van der Waals surface area contributed by atoms with Crippen molar-refractivity contribution >= 4 is 6.03 Å². The summed E-state index contributed by atoms with van der Waals surface area (Å²) in [4.78, 5) is 24.8. The molecule has 2 N–H and O–H groups in total. The summed E-state index contributed by atoms with van der Waals surface area (Å²) in [6.07, 6.45) is 5.37. The smallest absolute Gasteiger partial charge is 0.323 e. The molecule has 2 amide bonds. The molecule has 144 valence electrons. The van der Waals surface area contributed by atoms with Crippen molar-refractivity contribution in [3.05, 3.63) is 59.2 Å². The molecule has 2 aromatic heterocycles. The van der Waals surface area contributed by atoms with Crippen LogP contribution in [0.2, 0.25) is 0 Å². The zero-order chi connectivity index (χ0) is 19.2. The van der Waals surface area contributed by atoms with E-state index in [0.717, 1.165) is 37.3 Å². The lowest BCUT2D eigenvalue weighted by Gasteiger charge is -2.38. The summed E-state index contributed by atoms with van der Waals surface area (Å²) in [5.41, 5.74) is 6.22. The van der Waals surface area contributed by atoms with Crippen LogP contribution in [0, 0.1) is 13.8 Å². The van der Waals surface area contributed by atoms with Crippen LogP contribution in [0.4, 0.5) is 4.79 Å². The summed E-state index contributed by atoms with van der Waals surface area (Å²) in [5, 5.41) is 8.84. The maximum atomic E-state index is 11.6. The van der Waals surface area contributed by atoms with Gasteiger partial charge in [-0.2, -0.15) is 0 Å². The summed E-state index contributed by atoms with van der Waals surface area (Å²) >= 11 is 0. The van der Waals surface area contributed by atoms with Crippen molar-refractivity contribution < 1.29 is 10.0 Å². The van der Waals surface area contributed by atoms with Crippen LogP contribution in [-0.2, 0) is 13.1 Å². The van der Waals surface area contributed by atoms with Crippen LogP contribution in [0.3, 0.4) is 0 Å². The van der Waals surface area contributed by atoms with E-state index < -0.39 is 6.03 Å². The molecule has 1 aliphatic rings. The maximum Gasteiger partial charge on any atom is 0.341 e. The number of hydroxylamine groups is 1. The monoisotopic (exact) mass is 369 g/mol. The molecule has 27 heavy (non-hydrogen) atoms. The summed E-state index contributed by atoms with van der Waals surface area (Å²) < 4.78 is 0. The number of urea groups is 1. The number of piperidine rings is 1. The zero-order valence-corrected chi connectivity index (χ0v) is 15.9. The van der Waals surface area contributed by atoms with Crippen LogP contribution in [0.1, 0.15) is 35.4 Å². The van der Waals surface area contributed by atoms with Crippen LogP contribution in [0.15, 0.2) is 36.7 Å². The molecule has 0 unspecified atom stereocenters. The molecule has 0 radical (unpaired) electrons. The minimum Gasteiger partial charge on any atom is -0.323 e. The third-order valence-electron chi connectivity index (χ3n) is 5.31. The van der Waals surface area contributed by atoms with Crippen LogP contribution < -0.4 is 5.48 Å². The van der Waals surface area contributed by atoms with Gasteiger partial charge < -0.3 is 4.90 Å². The van der Waals surface area contributed by atoms with E-state index in [1.807, 2.05) is 24.5 Å². The highest BCUT2D eigenvalue weighted by atomic mass is 16.5. The van der Waals surface area contributed by atoms with Gasteiger partial charge in [0.1, 0.15) is 0 Å². The highest BCUT2D eigenvalue weighted by molar-refractivity contribution is 5.72. The van der Waals surface area contributed by atoms with Crippen molar-refractivity contribution in [2.24, 2.45) is 0 Å². The average molecular weight is 369 g/mol. The number of likely N-dealkylation sites (tertiary alicyclic amines) is 1. The van der Waals surface area contributed by atoms with Gasteiger partial charge in [0.15, 0.2) is 0 Å². The third kappa shape index (κ3) is 4.81. The molecular formula is C20H27N5O2. The number of amides is 2. The Hall–Kier alpha value is -2.51. The van der Waals surface area contributed by atoms with Crippen molar-refractivity contribution in [3.8, 4) is 0 Å². The number of nitrogens with one attached hydrogen (secondary N) is 1. The Kier molecular flexibility index (Phi) is 6.36. The molecule has 0 aliphatic carbocycles. The fourth-order valence-corrected chi connectivity index (χ4v) is 3.57. The minimum absolute atomic E-state index is 0.329. The first kappa shape index (κ1) is 19.3. The molecule has 0 spiro atoms. The second kappa shape index (κ2) is 8.92. The maximum absolute atomic E-state index is 11.6. The van der Waals surface area contributed by atoms with Gasteiger partial charge in [0.2, 0.25) is 0 Å². The largest absolute Gasteiger partial charge is 0.341 e. The van der Waals surface area contributed by atoms with Crippen molar-refractivity contribution in [1.29, 1.82) is 0 Å². The lowest BCUT2D eigenvalue weighted by molar-refractivity contribution is 0.0851. The van der Waals surface area contributed by atoms with Gasteiger partial charge in [0.25, 0.3) is 0 Å². The van der Waals surface area contributed by atoms with E-state index in [9.17, 15) is 4.79 Å². The van der Waals surface area contributed by atoms with E-state index in [1.165, 1.54) is 11.1 Å². The fourth-order valence-electron chi connectivity index (χ4n) is 3.57. The van der Waals surface area contributed by atoms with E-state index in [-0.39, 0.29) is 0 Å². The fraction of sp³-hybridized carbons (Fsp3) is 0.450. The van der Waals surface area contributed by atoms with Gasteiger partial charge in [0.05, 0.1) is 11.4 Å². The molecular weight excluding hydrogens is 342 g/mol. The normalized spacial score (nSPS) is 15.2. The van der Waals surface area contributed by atoms with Gasteiger partial charge in [0, 0.05) is 44.6 Å². The van der Waals surface area contributed by atoms with E-state index in [4.69, 9.17) is 5.21 Å². The van der Waals surface area contributed by atoms with E-state index in [2.05, 4.69) is 40.8 Å². The third-order valence-corrected chi connectivity index (χ3v) is 5.31. The Balaban J connectivity index is 1.77. The predicted octanol–water partition coefficient (Wildman–Crippen LogP) is 2.66. The van der Waals surface area contributed by atoms with Crippen LogP contribution in [-0.4, -0.2) is 50.1 Å². The Morgan fingerprint density at radius 3 is 2.07 bits per heavy atom. The number of hydrogen-bond acceptors (Lipinski definition) is 5. The van der Waals surface area contributed by atoms with Gasteiger partial charge in [-0.1, -0.05) is 12.1 Å². The lowest BCUT2D eigenvalue weighted by Crippen LogP contribution is -2.48. The van der Waals surface area contributed by atoms with Crippen molar-refractivity contribution in [1.82, 2.24) is 25.2 Å². The van der Waals surface area contributed by atoms with Gasteiger partial charge in [-0.15, -0.1) is 0 Å². The lowest BCUT2D eigenvalue weighted by atomic mass is 10.0. The highest BCUT2D eigenvalue weighted by Crippen LogP contribution is 2.22. The number of aromatic nitrogens is 2. The van der Waals surface area contributed by atoms with Crippen LogP contribution in [0.5, 0.6) is 0 Å². The number of pyridine rings is 2. The van der Waals surface area contributed by atoms with Gasteiger partial charge in [-0.3, -0.25) is 20.1 Å². The number of aryl methyl sites for hydroxylation is 2. The summed E-state index contributed by atoms with van der Waals surface area (Å²) in [6.45, 7) is 6.91. The summed E-state index contributed by atoms with van der Waals surface area (Å²) in [5.74, 6) is 0. The van der Waals surface area contributed by atoms with Crippen LogP contribution >= 0.6 is 0 Å². The van der Waals surface area contributed by atoms with Crippen molar-refractivity contribution in [3.63, 3.8) is 0 Å². The summed E-state index contributed by atoms with van der Waals surface area (Å²) in [7, 11) is 0. The second-order valence-electron chi connectivity index (χ2n) is 7.07. The average Bonchev–Trinajstić information content (AvgIpc) is 2.70. The molecule has 0 saturated carbocycles. The standard InChI is InChI=1S/C20H27N5O2/c1-15-5-3-9-21-18(15)13-25(14-19-16(2)6-4-10-22-19)17-7-11-24(12-8-17)20(26)23-27/h3-6,9-10,17,27H,7-8,11-14H2,1-2H3,(H,23,26). The van der Waals surface area contributed by atoms with Gasteiger partial charge >= 0.3 is 6.03 Å². The number of rotatable bonds is 5. The Labute approximate surface area is 160 Å². The molecule has 1 aliphatic heterocycles. The molecule has 0 bridgehead atoms. The molecule has 3 rings (SSSR count). The predicted molar refractivity (Wildman–Crippen MR) is 102 cm³/mol. The van der Waals surface area contributed by atoms with Crippen molar-refractivity contribution in [2.45, 2.75) is 45.8 Å². The molecule has 1 saturated heterocycles. The number of carbonyl (C=O) groups is 1. The molecule has 2 aromatic rings. The number of carbonyl (C=O) groups excluding carboxylic acids is 1. The summed E-state index contributed by atoms with van der Waals surface area (Å²) in [6, 6.07) is 7.98. The Morgan fingerprint density at radius 2 is 1.63 bits per heavy atom. The second-order valence-corrected chi connectivity index (χ2v) is 7.07. The minimum atomic E-state index is -0.429. The van der Waals surface area contributed by atoms with E-state index >= 15 is 0 Å². The zero-order valence-electron chi connectivity index (χ0n) is 15.9. The molecule has 3 heterocycles.